The highest BCUT2D eigenvalue weighted by molar-refractivity contribution is 5.74. The van der Waals surface area contributed by atoms with E-state index in [4.69, 9.17) is 0 Å². The first-order valence-corrected chi connectivity index (χ1v) is 8.00. The highest BCUT2D eigenvalue weighted by atomic mass is 16.4. The molecule has 2 fully saturated rings. The number of nitrogens with one attached hydrogen (secondary N) is 1. The Morgan fingerprint density at radius 2 is 1.86 bits per heavy atom. The van der Waals surface area contributed by atoms with E-state index in [1.165, 1.54) is 0 Å². The molecule has 0 aromatic heterocycles. The van der Waals surface area contributed by atoms with Crippen molar-refractivity contribution in [3.05, 3.63) is 0 Å². The van der Waals surface area contributed by atoms with Gasteiger partial charge in [0, 0.05) is 25.7 Å². The molecule has 6 heteroatoms. The largest absolute Gasteiger partial charge is 0.480 e. The number of hydrogen-bond donors (Lipinski definition) is 2. The smallest absolute Gasteiger partial charge is 0.320 e. The fraction of sp³-hybridized carbons (Fsp3) is 0.867. The lowest BCUT2D eigenvalue weighted by atomic mass is 10.0. The molecule has 0 aliphatic carbocycles. The number of carbonyl (C=O) groups is 2. The predicted octanol–water partition coefficient (Wildman–Crippen LogP) is 1.37. The molecular weight excluding hydrogens is 270 g/mol. The fourth-order valence-corrected chi connectivity index (χ4v) is 3.30. The lowest BCUT2D eigenvalue weighted by Gasteiger charge is -2.38. The summed E-state index contributed by atoms with van der Waals surface area (Å²) in [5.41, 5.74) is 0. The molecule has 0 spiro atoms. The molecule has 2 saturated heterocycles. The number of nitrogens with zero attached hydrogens (tertiary/aromatic N) is 2. The Morgan fingerprint density at radius 1 is 1.19 bits per heavy atom. The number of urea groups is 1. The Labute approximate surface area is 126 Å². The Hall–Kier alpha value is -1.30. The third-order valence-electron chi connectivity index (χ3n) is 4.46. The second kappa shape index (κ2) is 7.11. The minimum Gasteiger partial charge on any atom is -0.480 e. The summed E-state index contributed by atoms with van der Waals surface area (Å²) in [6.07, 6.45) is 3.47. The third-order valence-corrected chi connectivity index (χ3v) is 4.46. The number of aliphatic carboxylic acids is 1. The minimum absolute atomic E-state index is 0.0124. The molecule has 2 N–H and O–H groups in total. The van der Waals surface area contributed by atoms with Crippen LogP contribution in [0.2, 0.25) is 0 Å². The van der Waals surface area contributed by atoms with Crippen LogP contribution in [0.4, 0.5) is 4.79 Å². The van der Waals surface area contributed by atoms with Crippen LogP contribution in [-0.2, 0) is 4.79 Å². The second-order valence-corrected chi connectivity index (χ2v) is 6.53. The van der Waals surface area contributed by atoms with E-state index in [2.05, 4.69) is 24.1 Å². The fourth-order valence-electron chi connectivity index (χ4n) is 3.30. The number of amides is 2. The molecular formula is C15H27N3O3. The van der Waals surface area contributed by atoms with Crippen LogP contribution in [0.1, 0.15) is 39.5 Å². The van der Waals surface area contributed by atoms with Crippen LogP contribution in [0, 0.1) is 5.92 Å². The van der Waals surface area contributed by atoms with Crippen LogP contribution in [-0.4, -0.2) is 65.2 Å². The average molecular weight is 297 g/mol. The molecule has 120 valence electrons. The van der Waals surface area contributed by atoms with Crippen molar-refractivity contribution in [3.8, 4) is 0 Å². The van der Waals surface area contributed by atoms with Crippen molar-refractivity contribution in [2.45, 2.75) is 51.6 Å². The minimum atomic E-state index is -0.704. The standard InChI is InChI=1S/C15H27N3O3/c1-11(2)10-16-15(21)17-8-5-12(6-9-17)18-7-3-4-13(18)14(19)20/h11-13H,3-10H2,1-2H3,(H,16,21)(H,19,20). The van der Waals surface area contributed by atoms with E-state index in [9.17, 15) is 14.7 Å². The first-order valence-electron chi connectivity index (χ1n) is 8.00. The maximum atomic E-state index is 12.0. The van der Waals surface area contributed by atoms with E-state index in [0.29, 0.717) is 18.5 Å². The summed E-state index contributed by atoms with van der Waals surface area (Å²) in [4.78, 5) is 27.3. The quantitative estimate of drug-likeness (QED) is 0.822. The zero-order valence-electron chi connectivity index (χ0n) is 13.0. The highest BCUT2D eigenvalue weighted by Gasteiger charge is 2.37. The molecule has 0 saturated carbocycles. The Morgan fingerprint density at radius 3 is 2.43 bits per heavy atom. The van der Waals surface area contributed by atoms with Crippen LogP contribution in [0.25, 0.3) is 0 Å². The van der Waals surface area contributed by atoms with E-state index in [1.807, 2.05) is 4.90 Å². The van der Waals surface area contributed by atoms with Gasteiger partial charge in [0.2, 0.25) is 0 Å². The second-order valence-electron chi connectivity index (χ2n) is 6.53. The summed E-state index contributed by atoms with van der Waals surface area (Å²) in [5.74, 6) is -0.253. The van der Waals surface area contributed by atoms with E-state index < -0.39 is 5.97 Å². The normalized spacial score (nSPS) is 24.5. The molecule has 0 aromatic carbocycles. The number of carboxylic acids is 1. The van der Waals surface area contributed by atoms with Crippen LogP contribution >= 0.6 is 0 Å². The van der Waals surface area contributed by atoms with Gasteiger partial charge >= 0.3 is 12.0 Å². The molecule has 0 aromatic rings. The number of rotatable bonds is 4. The van der Waals surface area contributed by atoms with E-state index in [0.717, 1.165) is 45.3 Å². The summed E-state index contributed by atoms with van der Waals surface area (Å²) in [5, 5.41) is 12.2. The lowest BCUT2D eigenvalue weighted by molar-refractivity contribution is -0.143. The highest BCUT2D eigenvalue weighted by Crippen LogP contribution is 2.26. The number of carboxylic acid groups (broad SMARTS) is 1. The SMILES string of the molecule is CC(C)CNC(=O)N1CCC(N2CCCC2C(=O)O)CC1. The van der Waals surface area contributed by atoms with E-state index in [1.54, 1.807) is 0 Å². The Balaban J connectivity index is 1.80. The van der Waals surface area contributed by atoms with Crippen molar-refractivity contribution in [1.82, 2.24) is 15.1 Å². The van der Waals surface area contributed by atoms with Crippen molar-refractivity contribution in [3.63, 3.8) is 0 Å². The first-order chi connectivity index (χ1) is 9.99. The van der Waals surface area contributed by atoms with Gasteiger partial charge in [-0.1, -0.05) is 13.8 Å². The van der Waals surface area contributed by atoms with Gasteiger partial charge in [0.25, 0.3) is 0 Å². The molecule has 0 radical (unpaired) electrons. The lowest BCUT2D eigenvalue weighted by Crippen LogP contribution is -2.52. The monoisotopic (exact) mass is 297 g/mol. The van der Waals surface area contributed by atoms with Crippen molar-refractivity contribution in [1.29, 1.82) is 0 Å². The predicted molar refractivity (Wildman–Crippen MR) is 80.2 cm³/mol. The molecule has 2 heterocycles. The molecule has 21 heavy (non-hydrogen) atoms. The van der Waals surface area contributed by atoms with Crippen LogP contribution in [0.5, 0.6) is 0 Å². The summed E-state index contributed by atoms with van der Waals surface area (Å²) < 4.78 is 0. The molecule has 2 aliphatic rings. The van der Waals surface area contributed by atoms with Crippen LogP contribution < -0.4 is 5.32 Å². The zero-order chi connectivity index (χ0) is 15.4. The van der Waals surface area contributed by atoms with Crippen molar-refractivity contribution >= 4 is 12.0 Å². The van der Waals surface area contributed by atoms with Gasteiger partial charge in [0.15, 0.2) is 0 Å². The van der Waals surface area contributed by atoms with E-state index in [-0.39, 0.29) is 12.1 Å². The maximum Gasteiger partial charge on any atom is 0.320 e. The van der Waals surface area contributed by atoms with Gasteiger partial charge < -0.3 is 15.3 Å². The molecule has 2 rings (SSSR count). The van der Waals surface area contributed by atoms with Gasteiger partial charge in [0.1, 0.15) is 6.04 Å². The van der Waals surface area contributed by atoms with Gasteiger partial charge in [-0.3, -0.25) is 9.69 Å². The van der Waals surface area contributed by atoms with Gasteiger partial charge in [-0.15, -0.1) is 0 Å². The third kappa shape index (κ3) is 4.09. The Kier molecular flexibility index (Phi) is 5.45. The molecule has 6 nitrogen and oxygen atoms in total. The summed E-state index contributed by atoms with van der Waals surface area (Å²) in [6.45, 7) is 7.17. The van der Waals surface area contributed by atoms with Crippen LogP contribution in [0.3, 0.4) is 0 Å². The molecule has 1 atom stereocenters. The zero-order valence-corrected chi connectivity index (χ0v) is 13.0. The van der Waals surface area contributed by atoms with Crippen molar-refractivity contribution < 1.29 is 14.7 Å². The van der Waals surface area contributed by atoms with Crippen molar-refractivity contribution in [2.24, 2.45) is 5.92 Å². The summed E-state index contributed by atoms with van der Waals surface area (Å²) >= 11 is 0. The number of carbonyl (C=O) groups excluding carboxylic acids is 1. The number of hydrogen-bond acceptors (Lipinski definition) is 3. The van der Waals surface area contributed by atoms with E-state index >= 15 is 0 Å². The van der Waals surface area contributed by atoms with Gasteiger partial charge in [0.05, 0.1) is 0 Å². The van der Waals surface area contributed by atoms with Crippen LogP contribution in [0.15, 0.2) is 0 Å². The van der Waals surface area contributed by atoms with Gasteiger partial charge in [-0.2, -0.15) is 0 Å². The summed E-state index contributed by atoms with van der Waals surface area (Å²) in [7, 11) is 0. The number of piperidine rings is 1. The Bertz CT molecular complexity index is 378. The average Bonchev–Trinajstić information content (AvgIpc) is 2.94. The molecule has 1 unspecified atom stereocenters. The summed E-state index contributed by atoms with van der Waals surface area (Å²) in [6, 6.07) is -0.00239. The topological polar surface area (TPSA) is 72.9 Å². The van der Waals surface area contributed by atoms with Gasteiger partial charge in [-0.25, -0.2) is 4.79 Å². The van der Waals surface area contributed by atoms with Crippen molar-refractivity contribution in [2.75, 3.05) is 26.2 Å². The number of likely N-dealkylation sites (tertiary alicyclic amines) is 2. The van der Waals surface area contributed by atoms with Gasteiger partial charge in [-0.05, 0) is 38.1 Å². The molecule has 0 bridgehead atoms. The first kappa shape index (κ1) is 16.1. The molecule has 2 aliphatic heterocycles. The molecule has 2 amide bonds. The maximum absolute atomic E-state index is 12.0.